The van der Waals surface area contributed by atoms with Crippen LogP contribution < -0.4 is 10.6 Å². The molecule has 1 aromatic carbocycles. The van der Waals surface area contributed by atoms with Gasteiger partial charge in [-0.05, 0) is 43.8 Å². The SMILES string of the molecule is CCCC(C)NC(=S)Nc1cc(C(=O)OC)ccc1Cl. The van der Waals surface area contributed by atoms with Crippen LogP contribution in [0.2, 0.25) is 5.02 Å². The number of thiocarbonyl (C=S) groups is 1. The Labute approximate surface area is 129 Å². The number of carbonyl (C=O) groups excluding carboxylic acids is 1. The monoisotopic (exact) mass is 314 g/mol. The zero-order chi connectivity index (χ0) is 15.1. The summed E-state index contributed by atoms with van der Waals surface area (Å²) in [5.74, 6) is -0.414. The Morgan fingerprint density at radius 2 is 2.20 bits per heavy atom. The molecular formula is C14H19ClN2O2S. The second-order valence-electron chi connectivity index (χ2n) is 4.47. The molecule has 2 N–H and O–H groups in total. The minimum Gasteiger partial charge on any atom is -0.465 e. The second-order valence-corrected chi connectivity index (χ2v) is 5.29. The zero-order valence-corrected chi connectivity index (χ0v) is 13.4. The fraction of sp³-hybridized carbons (Fsp3) is 0.429. The van der Waals surface area contributed by atoms with E-state index in [4.69, 9.17) is 23.8 Å². The molecule has 1 atom stereocenters. The van der Waals surface area contributed by atoms with Crippen LogP contribution in [0.3, 0.4) is 0 Å². The number of carbonyl (C=O) groups is 1. The molecule has 0 spiro atoms. The van der Waals surface area contributed by atoms with Gasteiger partial charge >= 0.3 is 5.97 Å². The molecule has 0 aliphatic rings. The van der Waals surface area contributed by atoms with Gasteiger partial charge in [-0.1, -0.05) is 24.9 Å². The number of hydrogen-bond donors (Lipinski definition) is 2. The van der Waals surface area contributed by atoms with E-state index in [9.17, 15) is 4.79 Å². The lowest BCUT2D eigenvalue weighted by atomic mass is 10.2. The molecule has 1 unspecified atom stereocenters. The topological polar surface area (TPSA) is 50.4 Å². The van der Waals surface area contributed by atoms with Crippen molar-refractivity contribution in [3.8, 4) is 0 Å². The highest BCUT2D eigenvalue weighted by Crippen LogP contribution is 2.23. The number of benzene rings is 1. The van der Waals surface area contributed by atoms with Gasteiger partial charge in [0.25, 0.3) is 0 Å². The van der Waals surface area contributed by atoms with Crippen molar-refractivity contribution in [2.24, 2.45) is 0 Å². The third-order valence-corrected chi connectivity index (χ3v) is 3.28. The number of rotatable bonds is 5. The summed E-state index contributed by atoms with van der Waals surface area (Å²) in [4.78, 5) is 11.5. The van der Waals surface area contributed by atoms with Gasteiger partial charge in [0.05, 0.1) is 23.4 Å². The van der Waals surface area contributed by atoms with Crippen molar-refractivity contribution in [2.75, 3.05) is 12.4 Å². The van der Waals surface area contributed by atoms with Crippen LogP contribution >= 0.6 is 23.8 Å². The van der Waals surface area contributed by atoms with Gasteiger partial charge in [-0.15, -0.1) is 0 Å². The zero-order valence-electron chi connectivity index (χ0n) is 11.8. The van der Waals surface area contributed by atoms with Crippen molar-refractivity contribution < 1.29 is 9.53 Å². The molecule has 0 aliphatic carbocycles. The van der Waals surface area contributed by atoms with Gasteiger partial charge in [-0.2, -0.15) is 0 Å². The van der Waals surface area contributed by atoms with E-state index in [0.717, 1.165) is 12.8 Å². The van der Waals surface area contributed by atoms with E-state index >= 15 is 0 Å². The molecule has 0 heterocycles. The first-order valence-corrected chi connectivity index (χ1v) is 7.22. The number of methoxy groups -OCH3 is 1. The molecule has 1 rings (SSSR count). The van der Waals surface area contributed by atoms with Crippen LogP contribution in [0, 0.1) is 0 Å². The third-order valence-electron chi connectivity index (χ3n) is 2.73. The summed E-state index contributed by atoms with van der Waals surface area (Å²) in [6.45, 7) is 4.18. The molecule has 0 fully saturated rings. The lowest BCUT2D eigenvalue weighted by Gasteiger charge is -2.17. The maximum absolute atomic E-state index is 11.5. The number of ether oxygens (including phenoxy) is 1. The van der Waals surface area contributed by atoms with E-state index in [1.165, 1.54) is 7.11 Å². The Balaban J connectivity index is 2.76. The van der Waals surface area contributed by atoms with Crippen LogP contribution in [0.4, 0.5) is 5.69 Å². The molecule has 1 aromatic rings. The molecule has 0 radical (unpaired) electrons. The summed E-state index contributed by atoms with van der Waals surface area (Å²) in [6, 6.07) is 5.14. The quantitative estimate of drug-likeness (QED) is 0.642. The molecule has 110 valence electrons. The van der Waals surface area contributed by atoms with Crippen LogP contribution in [0.1, 0.15) is 37.0 Å². The normalized spacial score (nSPS) is 11.6. The minimum absolute atomic E-state index is 0.280. The number of anilines is 1. The summed E-state index contributed by atoms with van der Waals surface area (Å²) in [7, 11) is 1.34. The first-order valence-electron chi connectivity index (χ1n) is 6.43. The van der Waals surface area contributed by atoms with Gasteiger partial charge in [0.1, 0.15) is 0 Å². The molecular weight excluding hydrogens is 296 g/mol. The lowest BCUT2D eigenvalue weighted by Crippen LogP contribution is -2.35. The maximum Gasteiger partial charge on any atom is 0.337 e. The molecule has 20 heavy (non-hydrogen) atoms. The van der Waals surface area contributed by atoms with E-state index in [1.54, 1.807) is 18.2 Å². The molecule has 0 amide bonds. The average molecular weight is 315 g/mol. The Kier molecular flexibility index (Phi) is 6.75. The van der Waals surface area contributed by atoms with E-state index in [0.29, 0.717) is 21.4 Å². The number of hydrogen-bond acceptors (Lipinski definition) is 3. The Morgan fingerprint density at radius 1 is 1.50 bits per heavy atom. The molecule has 0 aliphatic heterocycles. The number of nitrogens with one attached hydrogen (secondary N) is 2. The highest BCUT2D eigenvalue weighted by atomic mass is 35.5. The van der Waals surface area contributed by atoms with Crippen LogP contribution in [0.15, 0.2) is 18.2 Å². The van der Waals surface area contributed by atoms with Crippen molar-refractivity contribution in [3.05, 3.63) is 28.8 Å². The van der Waals surface area contributed by atoms with Crippen LogP contribution in [-0.2, 0) is 4.74 Å². The van der Waals surface area contributed by atoms with E-state index in [1.807, 2.05) is 0 Å². The van der Waals surface area contributed by atoms with E-state index < -0.39 is 5.97 Å². The fourth-order valence-corrected chi connectivity index (χ4v) is 2.23. The number of esters is 1. The predicted octanol–water partition coefficient (Wildman–Crippen LogP) is 3.60. The largest absolute Gasteiger partial charge is 0.465 e. The minimum atomic E-state index is -0.414. The molecule has 0 bridgehead atoms. The van der Waals surface area contributed by atoms with Gasteiger partial charge in [0.15, 0.2) is 5.11 Å². The second kappa shape index (κ2) is 8.07. The van der Waals surface area contributed by atoms with Crippen molar-refractivity contribution in [2.45, 2.75) is 32.7 Å². The van der Waals surface area contributed by atoms with Crippen LogP contribution in [0.25, 0.3) is 0 Å². The Bertz CT molecular complexity index is 494. The van der Waals surface area contributed by atoms with Crippen LogP contribution in [-0.4, -0.2) is 24.2 Å². The van der Waals surface area contributed by atoms with Gasteiger partial charge in [-0.3, -0.25) is 0 Å². The summed E-state index contributed by atoms with van der Waals surface area (Å²) in [5.41, 5.74) is 1.000. The summed E-state index contributed by atoms with van der Waals surface area (Å²) >= 11 is 11.3. The third kappa shape index (κ3) is 4.98. The molecule has 6 heteroatoms. The highest BCUT2D eigenvalue weighted by Gasteiger charge is 2.10. The Hall–Kier alpha value is -1.33. The first-order chi connectivity index (χ1) is 9.47. The Morgan fingerprint density at radius 3 is 2.80 bits per heavy atom. The predicted molar refractivity (Wildman–Crippen MR) is 86.5 cm³/mol. The lowest BCUT2D eigenvalue weighted by molar-refractivity contribution is 0.0601. The van der Waals surface area contributed by atoms with Crippen LogP contribution in [0.5, 0.6) is 0 Å². The van der Waals surface area contributed by atoms with Gasteiger partial charge < -0.3 is 15.4 Å². The summed E-state index contributed by atoms with van der Waals surface area (Å²) in [6.07, 6.45) is 2.10. The van der Waals surface area contributed by atoms with E-state index in [-0.39, 0.29) is 6.04 Å². The van der Waals surface area contributed by atoms with Crippen molar-refractivity contribution >= 4 is 40.6 Å². The summed E-state index contributed by atoms with van der Waals surface area (Å²) < 4.78 is 4.67. The first kappa shape index (κ1) is 16.7. The summed E-state index contributed by atoms with van der Waals surface area (Å²) in [5, 5.41) is 7.14. The van der Waals surface area contributed by atoms with Gasteiger partial charge in [0, 0.05) is 6.04 Å². The fourth-order valence-electron chi connectivity index (χ4n) is 1.75. The molecule has 4 nitrogen and oxygen atoms in total. The standard InChI is InChI=1S/C14H19ClN2O2S/c1-4-5-9(2)16-14(20)17-12-8-10(13(18)19-3)6-7-11(12)15/h6-9H,4-5H2,1-3H3,(H2,16,17,20). The average Bonchev–Trinajstić information content (AvgIpc) is 2.40. The van der Waals surface area contributed by atoms with Crippen molar-refractivity contribution in [1.82, 2.24) is 5.32 Å². The highest BCUT2D eigenvalue weighted by molar-refractivity contribution is 7.80. The maximum atomic E-state index is 11.5. The molecule has 0 saturated heterocycles. The van der Waals surface area contributed by atoms with Gasteiger partial charge in [-0.25, -0.2) is 4.79 Å². The number of halogens is 1. The smallest absolute Gasteiger partial charge is 0.337 e. The van der Waals surface area contributed by atoms with Crippen molar-refractivity contribution in [3.63, 3.8) is 0 Å². The van der Waals surface area contributed by atoms with Crippen molar-refractivity contribution in [1.29, 1.82) is 0 Å². The molecule has 0 aromatic heterocycles. The van der Waals surface area contributed by atoms with Gasteiger partial charge in [0.2, 0.25) is 0 Å². The van der Waals surface area contributed by atoms with E-state index in [2.05, 4.69) is 29.2 Å². The molecule has 0 saturated carbocycles.